The summed E-state index contributed by atoms with van der Waals surface area (Å²) in [6, 6.07) is 9.61. The normalized spacial score (nSPS) is 12.1. The predicted octanol–water partition coefficient (Wildman–Crippen LogP) is 2.97. The van der Waals surface area contributed by atoms with E-state index in [-0.39, 0.29) is 18.6 Å². The van der Waals surface area contributed by atoms with Crippen LogP contribution >= 0.6 is 11.3 Å². The number of fused-ring (bicyclic) bond motifs is 1. The van der Waals surface area contributed by atoms with E-state index in [1.165, 1.54) is 11.3 Å². The lowest BCUT2D eigenvalue weighted by Gasteiger charge is -2.10. The van der Waals surface area contributed by atoms with Gasteiger partial charge >= 0.3 is 5.97 Å². The highest BCUT2D eigenvalue weighted by Crippen LogP contribution is 2.25. The van der Waals surface area contributed by atoms with Crippen molar-refractivity contribution in [1.82, 2.24) is 5.32 Å². The number of rotatable bonds is 5. The van der Waals surface area contributed by atoms with Gasteiger partial charge in [0.1, 0.15) is 4.88 Å². The number of esters is 1. The van der Waals surface area contributed by atoms with Crippen molar-refractivity contribution in [3.8, 4) is 0 Å². The molecular weight excluding hydrogens is 274 g/mol. The van der Waals surface area contributed by atoms with Crippen molar-refractivity contribution in [2.45, 2.75) is 26.3 Å². The molecule has 0 aliphatic carbocycles. The smallest absolute Gasteiger partial charge is 0.348 e. The molecule has 0 aliphatic heterocycles. The van der Waals surface area contributed by atoms with Gasteiger partial charge in [0.15, 0.2) is 6.61 Å². The van der Waals surface area contributed by atoms with Crippen molar-refractivity contribution >= 4 is 33.3 Å². The molecular formula is C15H17NO3S. The van der Waals surface area contributed by atoms with Crippen molar-refractivity contribution in [1.29, 1.82) is 0 Å². The number of carbonyl (C=O) groups is 2. The van der Waals surface area contributed by atoms with Gasteiger partial charge in [0.2, 0.25) is 0 Å². The van der Waals surface area contributed by atoms with Crippen LogP contribution in [0.1, 0.15) is 29.9 Å². The molecule has 2 aromatic rings. The van der Waals surface area contributed by atoms with Crippen LogP contribution in [0.15, 0.2) is 30.3 Å². The topological polar surface area (TPSA) is 55.4 Å². The maximum Gasteiger partial charge on any atom is 0.348 e. The summed E-state index contributed by atoms with van der Waals surface area (Å²) in [5.74, 6) is -0.723. The Bertz CT molecular complexity index is 587. The third-order valence-corrected chi connectivity index (χ3v) is 4.08. The zero-order valence-electron chi connectivity index (χ0n) is 11.5. The third-order valence-electron chi connectivity index (χ3n) is 2.98. The van der Waals surface area contributed by atoms with Crippen LogP contribution in [-0.2, 0) is 9.53 Å². The quantitative estimate of drug-likeness (QED) is 0.862. The summed E-state index contributed by atoms with van der Waals surface area (Å²) in [6.45, 7) is 3.65. The Morgan fingerprint density at radius 3 is 2.80 bits per heavy atom. The van der Waals surface area contributed by atoms with Crippen LogP contribution in [0, 0.1) is 0 Å². The van der Waals surface area contributed by atoms with Gasteiger partial charge in [0, 0.05) is 10.7 Å². The largest absolute Gasteiger partial charge is 0.451 e. The molecule has 20 heavy (non-hydrogen) atoms. The maximum absolute atomic E-state index is 11.9. The van der Waals surface area contributed by atoms with Crippen molar-refractivity contribution in [3.05, 3.63) is 35.2 Å². The van der Waals surface area contributed by atoms with Crippen LogP contribution < -0.4 is 5.32 Å². The number of benzene rings is 1. The van der Waals surface area contributed by atoms with Crippen molar-refractivity contribution in [3.63, 3.8) is 0 Å². The fraction of sp³-hybridized carbons (Fsp3) is 0.333. The molecule has 0 unspecified atom stereocenters. The number of hydrogen-bond acceptors (Lipinski definition) is 4. The lowest BCUT2D eigenvalue weighted by atomic mass is 10.2. The van der Waals surface area contributed by atoms with Gasteiger partial charge in [-0.3, -0.25) is 4.79 Å². The van der Waals surface area contributed by atoms with Gasteiger partial charge in [-0.05, 0) is 30.9 Å². The van der Waals surface area contributed by atoms with E-state index in [1.807, 2.05) is 38.1 Å². The minimum Gasteiger partial charge on any atom is -0.451 e. The molecule has 1 aromatic heterocycles. The Balaban J connectivity index is 1.93. The summed E-state index contributed by atoms with van der Waals surface area (Å²) in [5, 5.41) is 3.76. The molecule has 0 saturated heterocycles. The highest BCUT2D eigenvalue weighted by Gasteiger charge is 2.14. The highest BCUT2D eigenvalue weighted by atomic mass is 32.1. The van der Waals surface area contributed by atoms with Crippen molar-refractivity contribution in [2.75, 3.05) is 6.61 Å². The lowest BCUT2D eigenvalue weighted by molar-refractivity contribution is -0.124. The fourth-order valence-electron chi connectivity index (χ4n) is 1.70. The minimum absolute atomic E-state index is 0.0885. The molecule has 1 heterocycles. The average molecular weight is 291 g/mol. The van der Waals surface area contributed by atoms with E-state index in [9.17, 15) is 9.59 Å². The van der Waals surface area contributed by atoms with Crippen LogP contribution in [0.3, 0.4) is 0 Å². The second-order valence-electron chi connectivity index (χ2n) is 4.60. The first-order chi connectivity index (χ1) is 9.60. The van der Waals surface area contributed by atoms with Crippen LogP contribution in [0.2, 0.25) is 0 Å². The molecule has 5 heteroatoms. The fourth-order valence-corrected chi connectivity index (χ4v) is 2.66. The zero-order valence-corrected chi connectivity index (χ0v) is 12.3. The number of thiophene rings is 1. The molecule has 1 atom stereocenters. The van der Waals surface area contributed by atoms with E-state index >= 15 is 0 Å². The second-order valence-corrected chi connectivity index (χ2v) is 5.69. The molecule has 0 fully saturated rings. The van der Waals surface area contributed by atoms with Crippen molar-refractivity contribution in [2.24, 2.45) is 0 Å². The average Bonchev–Trinajstić information content (AvgIpc) is 2.88. The SMILES string of the molecule is CC[C@@H](C)NC(=O)COC(=O)c1cc2ccccc2s1. The van der Waals surface area contributed by atoms with Crippen LogP contribution in [0.5, 0.6) is 0 Å². The monoisotopic (exact) mass is 291 g/mol. The number of ether oxygens (including phenoxy) is 1. The maximum atomic E-state index is 11.9. The van der Waals surface area contributed by atoms with E-state index in [4.69, 9.17) is 4.74 Å². The van der Waals surface area contributed by atoms with E-state index in [0.29, 0.717) is 4.88 Å². The van der Waals surface area contributed by atoms with Crippen LogP contribution in [0.25, 0.3) is 10.1 Å². The van der Waals surface area contributed by atoms with Gasteiger partial charge < -0.3 is 10.1 Å². The Morgan fingerprint density at radius 1 is 1.35 bits per heavy atom. The summed E-state index contributed by atoms with van der Waals surface area (Å²) >= 11 is 1.37. The number of carbonyl (C=O) groups excluding carboxylic acids is 2. The highest BCUT2D eigenvalue weighted by molar-refractivity contribution is 7.20. The molecule has 2 rings (SSSR count). The summed E-state index contributed by atoms with van der Waals surface area (Å²) < 4.78 is 6.06. The molecule has 1 amide bonds. The number of nitrogens with one attached hydrogen (secondary N) is 1. The molecule has 0 spiro atoms. The molecule has 0 aliphatic rings. The first-order valence-electron chi connectivity index (χ1n) is 6.55. The first kappa shape index (κ1) is 14.5. The lowest BCUT2D eigenvalue weighted by Crippen LogP contribution is -2.35. The van der Waals surface area contributed by atoms with Crippen LogP contribution in [-0.4, -0.2) is 24.5 Å². The summed E-state index contributed by atoms with van der Waals surface area (Å²) in [4.78, 5) is 23.9. The third kappa shape index (κ3) is 3.57. The van der Waals surface area contributed by atoms with Gasteiger partial charge in [0.25, 0.3) is 5.91 Å². The van der Waals surface area contributed by atoms with E-state index in [1.54, 1.807) is 6.07 Å². The first-order valence-corrected chi connectivity index (χ1v) is 7.37. The second kappa shape index (κ2) is 6.52. The Hall–Kier alpha value is -1.88. The predicted molar refractivity (Wildman–Crippen MR) is 80.0 cm³/mol. The Morgan fingerprint density at radius 2 is 2.10 bits per heavy atom. The molecule has 106 valence electrons. The molecule has 4 nitrogen and oxygen atoms in total. The molecule has 1 aromatic carbocycles. The van der Waals surface area contributed by atoms with Crippen molar-refractivity contribution < 1.29 is 14.3 Å². The van der Waals surface area contributed by atoms with Gasteiger partial charge in [-0.15, -0.1) is 11.3 Å². The van der Waals surface area contributed by atoms with Gasteiger partial charge in [-0.1, -0.05) is 25.1 Å². The zero-order chi connectivity index (χ0) is 14.5. The summed E-state index contributed by atoms with van der Waals surface area (Å²) in [5.41, 5.74) is 0. The number of hydrogen-bond donors (Lipinski definition) is 1. The summed E-state index contributed by atoms with van der Waals surface area (Å²) in [7, 11) is 0. The molecule has 0 saturated carbocycles. The van der Waals surface area contributed by atoms with Crippen LogP contribution in [0.4, 0.5) is 0 Å². The van der Waals surface area contributed by atoms with Gasteiger partial charge in [0.05, 0.1) is 0 Å². The molecule has 1 N–H and O–H groups in total. The standard InChI is InChI=1S/C15H17NO3S/c1-3-10(2)16-14(17)9-19-15(18)13-8-11-6-4-5-7-12(11)20-13/h4-8,10H,3,9H2,1-2H3,(H,16,17)/t10-/m1/s1. The molecule has 0 radical (unpaired) electrons. The Labute approximate surface area is 121 Å². The molecule has 0 bridgehead atoms. The number of amides is 1. The van der Waals surface area contributed by atoms with E-state index in [2.05, 4.69) is 5.32 Å². The Kier molecular flexibility index (Phi) is 4.74. The van der Waals surface area contributed by atoms with Gasteiger partial charge in [-0.25, -0.2) is 4.79 Å². The van der Waals surface area contributed by atoms with E-state index < -0.39 is 5.97 Å². The summed E-state index contributed by atoms with van der Waals surface area (Å²) in [6.07, 6.45) is 0.843. The minimum atomic E-state index is -0.453. The van der Waals surface area contributed by atoms with Gasteiger partial charge in [-0.2, -0.15) is 0 Å². The van der Waals surface area contributed by atoms with E-state index in [0.717, 1.165) is 16.5 Å².